The van der Waals surface area contributed by atoms with E-state index in [-0.39, 0.29) is 30.6 Å². The van der Waals surface area contributed by atoms with Crippen LogP contribution in [0.3, 0.4) is 0 Å². The van der Waals surface area contributed by atoms with Gasteiger partial charge < -0.3 is 4.79 Å². The molecule has 3 rings (SSSR count). The van der Waals surface area contributed by atoms with Crippen molar-refractivity contribution in [2.45, 2.75) is 77.2 Å². The molecule has 8 heteroatoms. The second-order valence-corrected chi connectivity index (χ2v) is 10.3. The van der Waals surface area contributed by atoms with Crippen molar-refractivity contribution in [2.75, 3.05) is 13.1 Å². The summed E-state index contributed by atoms with van der Waals surface area (Å²) in [6.45, 7) is 5.98. The Balaban J connectivity index is 1.75. The van der Waals surface area contributed by atoms with E-state index in [0.717, 1.165) is 25.8 Å². The third-order valence-electron chi connectivity index (χ3n) is 7.78. The number of fused-ring (bicyclic) bond motifs is 1. The molecule has 3 aliphatic rings. The van der Waals surface area contributed by atoms with Crippen LogP contribution in [0.1, 0.15) is 58.8 Å². The number of halogens is 6. The van der Waals surface area contributed by atoms with Gasteiger partial charge in [-0.05, 0) is 68.1 Å². The average Bonchev–Trinajstić information content (AvgIpc) is 2.96. The minimum atomic E-state index is -4.58. The van der Waals surface area contributed by atoms with Crippen molar-refractivity contribution in [1.29, 1.82) is 0 Å². The maximum atomic E-state index is 13.4. The molecule has 0 spiro atoms. The Hall–Kier alpha value is -0.790. The summed E-state index contributed by atoms with van der Waals surface area (Å²) in [5.41, 5.74) is 0. The summed E-state index contributed by atoms with van der Waals surface area (Å²) in [7, 11) is 0. The smallest absolute Gasteiger partial charge is 0.303 e. The molecule has 2 nitrogen and oxygen atoms in total. The monoisotopic (exact) mass is 441 g/mol. The number of rotatable bonds is 5. The minimum Gasteiger partial charge on any atom is -0.303 e. The number of hydrogen-bond acceptors (Lipinski definition) is 2. The van der Waals surface area contributed by atoms with Crippen LogP contribution in [-0.2, 0) is 4.79 Å². The molecule has 0 bridgehead atoms. The average molecular weight is 442 g/mol. The van der Waals surface area contributed by atoms with E-state index in [9.17, 15) is 31.1 Å². The molecule has 1 aliphatic heterocycles. The lowest BCUT2D eigenvalue weighted by atomic mass is 9.63. The van der Waals surface area contributed by atoms with E-state index in [1.807, 2.05) is 0 Å². The van der Waals surface area contributed by atoms with Gasteiger partial charge in [0.05, 0.1) is 11.8 Å². The molecule has 2 saturated carbocycles. The van der Waals surface area contributed by atoms with E-state index >= 15 is 0 Å². The summed E-state index contributed by atoms with van der Waals surface area (Å²) in [6.07, 6.45) is -6.91. The van der Waals surface area contributed by atoms with Gasteiger partial charge in [-0.3, -0.25) is 4.90 Å². The third-order valence-corrected chi connectivity index (χ3v) is 7.78. The zero-order chi connectivity index (χ0) is 22.3. The van der Waals surface area contributed by atoms with E-state index in [1.165, 1.54) is 0 Å². The van der Waals surface area contributed by atoms with Crippen LogP contribution in [0.2, 0.25) is 0 Å². The van der Waals surface area contributed by atoms with Crippen molar-refractivity contribution < 1.29 is 31.1 Å². The third kappa shape index (κ3) is 5.33. The number of hydrogen-bond donors (Lipinski definition) is 0. The highest BCUT2D eigenvalue weighted by Gasteiger charge is 2.54. The summed E-state index contributed by atoms with van der Waals surface area (Å²) in [6, 6.07) is 0.300. The van der Waals surface area contributed by atoms with Crippen LogP contribution < -0.4 is 0 Å². The van der Waals surface area contributed by atoms with E-state index in [4.69, 9.17) is 0 Å². The number of alkyl halides is 6. The highest BCUT2D eigenvalue weighted by Crippen LogP contribution is 2.53. The second kappa shape index (κ2) is 8.99. The fraction of sp³-hybridized carbons (Fsp3) is 0.955. The molecule has 3 fully saturated rings. The Morgan fingerprint density at radius 2 is 1.50 bits per heavy atom. The second-order valence-electron chi connectivity index (χ2n) is 10.3. The lowest BCUT2D eigenvalue weighted by molar-refractivity contribution is -0.231. The van der Waals surface area contributed by atoms with E-state index < -0.39 is 36.5 Å². The van der Waals surface area contributed by atoms with Crippen molar-refractivity contribution in [3.05, 3.63) is 0 Å². The van der Waals surface area contributed by atoms with Crippen LogP contribution in [0.15, 0.2) is 0 Å². The molecule has 0 amide bonds. The largest absolute Gasteiger partial charge is 0.391 e. The minimum absolute atomic E-state index is 0.116. The lowest BCUT2D eigenvalue weighted by Gasteiger charge is -2.44. The first-order valence-electron chi connectivity index (χ1n) is 11.2. The number of nitrogens with zero attached hydrogens (tertiary/aromatic N) is 1. The van der Waals surface area contributed by atoms with Crippen LogP contribution in [0.4, 0.5) is 26.3 Å². The van der Waals surface area contributed by atoms with Crippen LogP contribution in [0.25, 0.3) is 0 Å². The Bertz CT molecular complexity index is 567. The molecule has 6 unspecified atom stereocenters. The van der Waals surface area contributed by atoms with Gasteiger partial charge in [-0.1, -0.05) is 13.8 Å². The highest BCUT2D eigenvalue weighted by atomic mass is 19.4. The molecule has 6 atom stereocenters. The zero-order valence-corrected chi connectivity index (χ0v) is 17.7. The van der Waals surface area contributed by atoms with Gasteiger partial charge in [0, 0.05) is 25.6 Å². The first kappa shape index (κ1) is 23.9. The molecule has 174 valence electrons. The fourth-order valence-corrected chi connectivity index (χ4v) is 6.52. The van der Waals surface area contributed by atoms with Gasteiger partial charge in [0.1, 0.15) is 6.29 Å². The van der Waals surface area contributed by atoms with Crippen molar-refractivity contribution in [2.24, 2.45) is 41.4 Å². The van der Waals surface area contributed by atoms with E-state index in [0.29, 0.717) is 31.2 Å². The Morgan fingerprint density at radius 3 is 2.00 bits per heavy atom. The van der Waals surface area contributed by atoms with Crippen LogP contribution in [-0.4, -0.2) is 42.7 Å². The standard InChI is InChI=1S/C22H33F6NO/c1-13(2)11-29-12-15(5-6-30)19-9-14(3-4-20(19)29)16-7-17(21(23,24)25)10-18(8-16)22(26,27)28/h6,13-20H,3-5,7-12H2,1-2H3. The van der Waals surface area contributed by atoms with Gasteiger partial charge in [-0.15, -0.1) is 0 Å². The summed E-state index contributed by atoms with van der Waals surface area (Å²) < 4.78 is 80.3. The number of carbonyl (C=O) groups excluding carboxylic acids is 1. The molecule has 0 radical (unpaired) electrons. The highest BCUT2D eigenvalue weighted by molar-refractivity contribution is 5.50. The molecule has 0 aromatic rings. The first-order chi connectivity index (χ1) is 13.9. The summed E-state index contributed by atoms with van der Waals surface area (Å²) in [5.74, 6) is -3.57. The molecule has 0 N–H and O–H groups in total. The summed E-state index contributed by atoms with van der Waals surface area (Å²) in [4.78, 5) is 13.6. The first-order valence-corrected chi connectivity index (χ1v) is 11.2. The fourth-order valence-electron chi connectivity index (χ4n) is 6.52. The lowest BCUT2D eigenvalue weighted by Crippen LogP contribution is -2.43. The van der Waals surface area contributed by atoms with Gasteiger partial charge in [-0.25, -0.2) is 0 Å². The molecular formula is C22H33F6NO. The molecule has 0 aromatic heterocycles. The van der Waals surface area contributed by atoms with Crippen molar-refractivity contribution in [3.63, 3.8) is 0 Å². The van der Waals surface area contributed by atoms with Crippen LogP contribution >= 0.6 is 0 Å². The maximum Gasteiger partial charge on any atom is 0.391 e. The number of carbonyl (C=O) groups is 1. The number of aldehydes is 1. The Labute approximate surface area is 174 Å². The molecular weight excluding hydrogens is 408 g/mol. The normalized spacial score (nSPS) is 38.6. The van der Waals surface area contributed by atoms with Gasteiger partial charge >= 0.3 is 12.4 Å². The molecule has 30 heavy (non-hydrogen) atoms. The number of likely N-dealkylation sites (tertiary alicyclic amines) is 1. The molecule has 1 saturated heterocycles. The van der Waals surface area contributed by atoms with Gasteiger partial charge in [0.2, 0.25) is 0 Å². The van der Waals surface area contributed by atoms with Gasteiger partial charge in [0.15, 0.2) is 0 Å². The zero-order valence-electron chi connectivity index (χ0n) is 17.7. The summed E-state index contributed by atoms with van der Waals surface area (Å²) in [5, 5.41) is 0. The van der Waals surface area contributed by atoms with Crippen molar-refractivity contribution in [3.8, 4) is 0 Å². The van der Waals surface area contributed by atoms with E-state index in [2.05, 4.69) is 18.7 Å². The predicted molar refractivity (Wildman–Crippen MR) is 102 cm³/mol. The van der Waals surface area contributed by atoms with Gasteiger partial charge in [-0.2, -0.15) is 26.3 Å². The Kier molecular flexibility index (Phi) is 7.15. The summed E-state index contributed by atoms with van der Waals surface area (Å²) >= 11 is 0. The molecule has 2 aliphatic carbocycles. The quantitative estimate of drug-likeness (QED) is 0.379. The van der Waals surface area contributed by atoms with Crippen LogP contribution in [0.5, 0.6) is 0 Å². The Morgan fingerprint density at radius 1 is 0.900 bits per heavy atom. The maximum absolute atomic E-state index is 13.4. The van der Waals surface area contributed by atoms with Crippen LogP contribution in [0, 0.1) is 41.4 Å². The molecule has 1 heterocycles. The van der Waals surface area contributed by atoms with Crippen molar-refractivity contribution >= 4 is 6.29 Å². The predicted octanol–water partition coefficient (Wildman–Crippen LogP) is 6.11. The SMILES string of the molecule is CC(C)CN1CC(CC=O)C2CC(C3CC(C(F)(F)F)CC(C(F)(F)F)C3)CCC21. The van der Waals surface area contributed by atoms with E-state index in [1.54, 1.807) is 0 Å². The van der Waals surface area contributed by atoms with Crippen molar-refractivity contribution in [1.82, 2.24) is 4.90 Å². The topological polar surface area (TPSA) is 20.3 Å². The van der Waals surface area contributed by atoms with Gasteiger partial charge in [0.25, 0.3) is 0 Å². The molecule has 0 aromatic carbocycles.